The molecule has 0 amide bonds. The molecule has 1 N–H and O–H groups in total. The first kappa shape index (κ1) is 8.52. The molecule has 1 aliphatic heterocycles. The molecule has 2 rings (SSSR count). The standard InChI is InChI=1S/C10H19NO/c12-10(6-2-1-3-7-10)11-8-4-5-9-11/h12H,1-9H2. The molecule has 0 aromatic carbocycles. The molecule has 1 saturated heterocycles. The summed E-state index contributed by atoms with van der Waals surface area (Å²) in [5.41, 5.74) is -0.408. The first-order valence-corrected chi connectivity index (χ1v) is 5.29. The molecule has 0 atom stereocenters. The smallest absolute Gasteiger partial charge is 0.118 e. The molecule has 1 aliphatic carbocycles. The first-order valence-electron chi connectivity index (χ1n) is 5.29. The van der Waals surface area contributed by atoms with Gasteiger partial charge in [-0.25, -0.2) is 0 Å². The van der Waals surface area contributed by atoms with Gasteiger partial charge in [0.25, 0.3) is 0 Å². The molecule has 1 saturated carbocycles. The molecule has 12 heavy (non-hydrogen) atoms. The molecule has 2 nitrogen and oxygen atoms in total. The van der Waals surface area contributed by atoms with Crippen LogP contribution in [0.2, 0.25) is 0 Å². The number of hydrogen-bond acceptors (Lipinski definition) is 2. The SMILES string of the molecule is OC1(N2CCCC2)CCCCC1. The predicted molar refractivity (Wildman–Crippen MR) is 48.8 cm³/mol. The number of hydrogen-bond donors (Lipinski definition) is 1. The molecule has 0 aromatic heterocycles. The lowest BCUT2D eigenvalue weighted by molar-refractivity contribution is -0.121. The number of likely N-dealkylation sites (tertiary alicyclic amines) is 1. The van der Waals surface area contributed by atoms with Crippen LogP contribution < -0.4 is 0 Å². The molecule has 2 aliphatic rings. The summed E-state index contributed by atoms with van der Waals surface area (Å²) < 4.78 is 0. The van der Waals surface area contributed by atoms with Crippen molar-refractivity contribution < 1.29 is 5.11 Å². The van der Waals surface area contributed by atoms with Crippen LogP contribution in [0.1, 0.15) is 44.9 Å². The summed E-state index contributed by atoms with van der Waals surface area (Å²) in [4.78, 5) is 2.30. The van der Waals surface area contributed by atoms with Crippen molar-refractivity contribution in [1.82, 2.24) is 4.90 Å². The van der Waals surface area contributed by atoms with Gasteiger partial charge in [-0.3, -0.25) is 4.90 Å². The van der Waals surface area contributed by atoms with E-state index >= 15 is 0 Å². The van der Waals surface area contributed by atoms with Crippen molar-refractivity contribution in [3.63, 3.8) is 0 Å². The molecule has 0 bridgehead atoms. The van der Waals surface area contributed by atoms with E-state index in [1.165, 1.54) is 32.1 Å². The van der Waals surface area contributed by atoms with Crippen molar-refractivity contribution in [3.8, 4) is 0 Å². The highest BCUT2D eigenvalue weighted by Crippen LogP contribution is 2.33. The summed E-state index contributed by atoms with van der Waals surface area (Å²) in [6, 6.07) is 0. The van der Waals surface area contributed by atoms with Gasteiger partial charge in [0.1, 0.15) is 5.72 Å². The highest BCUT2D eigenvalue weighted by atomic mass is 16.3. The lowest BCUT2D eigenvalue weighted by Crippen LogP contribution is -2.48. The van der Waals surface area contributed by atoms with Gasteiger partial charge in [0.2, 0.25) is 0 Å². The van der Waals surface area contributed by atoms with Gasteiger partial charge >= 0.3 is 0 Å². The Labute approximate surface area is 74.6 Å². The highest BCUT2D eigenvalue weighted by Gasteiger charge is 2.36. The molecule has 0 spiro atoms. The van der Waals surface area contributed by atoms with E-state index in [0.29, 0.717) is 0 Å². The van der Waals surface area contributed by atoms with E-state index < -0.39 is 5.72 Å². The van der Waals surface area contributed by atoms with E-state index in [1.807, 2.05) is 0 Å². The quantitative estimate of drug-likeness (QED) is 0.646. The van der Waals surface area contributed by atoms with Crippen LogP contribution in [-0.2, 0) is 0 Å². The van der Waals surface area contributed by atoms with Crippen molar-refractivity contribution >= 4 is 0 Å². The van der Waals surface area contributed by atoms with E-state index in [4.69, 9.17) is 0 Å². The van der Waals surface area contributed by atoms with E-state index in [1.54, 1.807) is 0 Å². The van der Waals surface area contributed by atoms with Gasteiger partial charge in [-0.15, -0.1) is 0 Å². The second-order valence-electron chi connectivity index (χ2n) is 4.24. The van der Waals surface area contributed by atoms with Gasteiger partial charge in [-0.2, -0.15) is 0 Å². The molecular formula is C10H19NO. The first-order chi connectivity index (χ1) is 5.81. The molecule has 0 aromatic rings. The summed E-state index contributed by atoms with van der Waals surface area (Å²) in [5, 5.41) is 10.3. The molecule has 0 radical (unpaired) electrons. The predicted octanol–water partition coefficient (Wildman–Crippen LogP) is 1.73. The topological polar surface area (TPSA) is 23.5 Å². The Kier molecular flexibility index (Phi) is 2.37. The van der Waals surface area contributed by atoms with Crippen LogP contribution in [0.15, 0.2) is 0 Å². The Balaban J connectivity index is 1.97. The Bertz CT molecular complexity index is 146. The Hall–Kier alpha value is -0.0800. The van der Waals surface area contributed by atoms with Gasteiger partial charge in [-0.1, -0.05) is 6.42 Å². The highest BCUT2D eigenvalue weighted by molar-refractivity contribution is 4.85. The summed E-state index contributed by atoms with van der Waals surface area (Å²) in [7, 11) is 0. The van der Waals surface area contributed by atoms with Gasteiger partial charge in [-0.05, 0) is 38.5 Å². The van der Waals surface area contributed by atoms with Crippen molar-refractivity contribution in [2.75, 3.05) is 13.1 Å². The third-order valence-corrected chi connectivity index (χ3v) is 3.35. The van der Waals surface area contributed by atoms with Crippen LogP contribution in [0, 0.1) is 0 Å². The minimum atomic E-state index is -0.408. The molecular weight excluding hydrogens is 150 g/mol. The lowest BCUT2D eigenvalue weighted by atomic mass is 9.90. The van der Waals surface area contributed by atoms with Gasteiger partial charge in [0.15, 0.2) is 0 Å². The second kappa shape index (κ2) is 3.35. The zero-order valence-electron chi connectivity index (χ0n) is 7.76. The lowest BCUT2D eigenvalue weighted by Gasteiger charge is -2.40. The number of aliphatic hydroxyl groups is 1. The van der Waals surface area contributed by atoms with Crippen LogP contribution in [0.25, 0.3) is 0 Å². The molecule has 2 fully saturated rings. The molecule has 70 valence electrons. The third kappa shape index (κ3) is 1.50. The van der Waals surface area contributed by atoms with Crippen LogP contribution in [0.3, 0.4) is 0 Å². The van der Waals surface area contributed by atoms with E-state index in [9.17, 15) is 5.11 Å². The van der Waals surface area contributed by atoms with Gasteiger partial charge in [0, 0.05) is 13.1 Å². The van der Waals surface area contributed by atoms with Gasteiger partial charge in [0.05, 0.1) is 0 Å². The summed E-state index contributed by atoms with van der Waals surface area (Å²) in [6.07, 6.45) is 8.32. The molecule has 2 heteroatoms. The summed E-state index contributed by atoms with van der Waals surface area (Å²) in [6.45, 7) is 2.24. The Morgan fingerprint density at radius 2 is 1.42 bits per heavy atom. The zero-order chi connectivity index (χ0) is 8.44. The Morgan fingerprint density at radius 3 is 2.00 bits per heavy atom. The maximum atomic E-state index is 10.3. The average molecular weight is 169 g/mol. The zero-order valence-corrected chi connectivity index (χ0v) is 7.76. The number of rotatable bonds is 1. The fourth-order valence-corrected chi connectivity index (χ4v) is 2.57. The van der Waals surface area contributed by atoms with Crippen molar-refractivity contribution in [2.24, 2.45) is 0 Å². The maximum Gasteiger partial charge on any atom is 0.118 e. The largest absolute Gasteiger partial charge is 0.376 e. The fourth-order valence-electron chi connectivity index (χ4n) is 2.57. The van der Waals surface area contributed by atoms with Crippen LogP contribution >= 0.6 is 0 Å². The molecule has 0 unspecified atom stereocenters. The minimum Gasteiger partial charge on any atom is -0.376 e. The van der Waals surface area contributed by atoms with Crippen LogP contribution in [0.5, 0.6) is 0 Å². The van der Waals surface area contributed by atoms with Crippen LogP contribution in [0.4, 0.5) is 0 Å². The van der Waals surface area contributed by atoms with Gasteiger partial charge < -0.3 is 5.11 Å². The molecule has 1 heterocycles. The summed E-state index contributed by atoms with van der Waals surface area (Å²) in [5.74, 6) is 0. The van der Waals surface area contributed by atoms with Crippen LogP contribution in [-0.4, -0.2) is 28.8 Å². The van der Waals surface area contributed by atoms with Crippen molar-refractivity contribution in [3.05, 3.63) is 0 Å². The maximum absolute atomic E-state index is 10.3. The van der Waals surface area contributed by atoms with E-state index in [2.05, 4.69) is 4.90 Å². The monoisotopic (exact) mass is 169 g/mol. The fraction of sp³-hybridized carbons (Fsp3) is 1.00. The minimum absolute atomic E-state index is 0.408. The van der Waals surface area contributed by atoms with E-state index in [0.717, 1.165) is 25.9 Å². The van der Waals surface area contributed by atoms with Crippen molar-refractivity contribution in [2.45, 2.75) is 50.7 Å². The number of nitrogens with zero attached hydrogens (tertiary/aromatic N) is 1. The average Bonchev–Trinajstić information content (AvgIpc) is 2.58. The normalized spacial score (nSPS) is 30.8. The van der Waals surface area contributed by atoms with E-state index in [-0.39, 0.29) is 0 Å². The Morgan fingerprint density at radius 1 is 0.833 bits per heavy atom. The third-order valence-electron chi connectivity index (χ3n) is 3.35. The van der Waals surface area contributed by atoms with Crippen molar-refractivity contribution in [1.29, 1.82) is 0 Å². The summed E-state index contributed by atoms with van der Waals surface area (Å²) >= 11 is 0. The second-order valence-corrected chi connectivity index (χ2v) is 4.24.